The number of anilines is 2. The highest BCUT2D eigenvalue weighted by molar-refractivity contribution is 5.97. The van der Waals surface area contributed by atoms with Crippen molar-refractivity contribution in [2.45, 2.75) is 51.5 Å². The Kier molecular flexibility index (Phi) is 4.88. The van der Waals surface area contributed by atoms with Crippen LogP contribution < -0.4 is 11.1 Å². The van der Waals surface area contributed by atoms with Gasteiger partial charge in [-0.05, 0) is 37.5 Å². The van der Waals surface area contributed by atoms with Gasteiger partial charge in [0.25, 0.3) is 0 Å². The summed E-state index contributed by atoms with van der Waals surface area (Å²) < 4.78 is 4.79. The fourth-order valence-electron chi connectivity index (χ4n) is 2.82. The third kappa shape index (κ3) is 3.44. The van der Waals surface area contributed by atoms with Crippen LogP contribution in [0.1, 0.15) is 54.4 Å². The number of hydrogen-bond acceptors (Lipinski definition) is 4. The molecule has 110 valence electrons. The van der Waals surface area contributed by atoms with Crippen LogP contribution in [0.15, 0.2) is 12.1 Å². The molecule has 1 aromatic carbocycles. The zero-order valence-electron chi connectivity index (χ0n) is 12.4. The highest BCUT2D eigenvalue weighted by Crippen LogP contribution is 2.26. The van der Waals surface area contributed by atoms with E-state index in [-0.39, 0.29) is 5.97 Å². The number of ether oxygens (including phenoxy) is 1. The molecule has 20 heavy (non-hydrogen) atoms. The summed E-state index contributed by atoms with van der Waals surface area (Å²) in [6.45, 7) is 1.92. The Morgan fingerprint density at radius 1 is 1.25 bits per heavy atom. The number of carbonyl (C=O) groups excluding carboxylic acids is 1. The molecule has 0 spiro atoms. The Bertz CT molecular complexity index is 478. The van der Waals surface area contributed by atoms with Gasteiger partial charge < -0.3 is 15.8 Å². The third-order valence-corrected chi connectivity index (χ3v) is 4.02. The van der Waals surface area contributed by atoms with E-state index in [9.17, 15) is 4.79 Å². The van der Waals surface area contributed by atoms with Crippen molar-refractivity contribution in [3.05, 3.63) is 23.3 Å². The molecule has 0 saturated heterocycles. The maximum atomic E-state index is 11.8. The summed E-state index contributed by atoms with van der Waals surface area (Å²) in [6, 6.07) is 4.30. The largest absolute Gasteiger partial charge is 0.465 e. The molecule has 0 radical (unpaired) electrons. The van der Waals surface area contributed by atoms with Crippen LogP contribution in [0.2, 0.25) is 0 Å². The Labute approximate surface area is 120 Å². The van der Waals surface area contributed by atoms with E-state index in [4.69, 9.17) is 10.5 Å². The minimum Gasteiger partial charge on any atom is -0.465 e. The number of rotatable bonds is 3. The van der Waals surface area contributed by atoms with Crippen molar-refractivity contribution in [2.24, 2.45) is 0 Å². The zero-order chi connectivity index (χ0) is 14.5. The summed E-state index contributed by atoms with van der Waals surface area (Å²) in [5, 5.41) is 3.54. The molecule has 2 rings (SSSR count). The van der Waals surface area contributed by atoms with Gasteiger partial charge in [-0.1, -0.05) is 25.7 Å². The average molecular weight is 276 g/mol. The molecule has 4 nitrogen and oxygen atoms in total. The zero-order valence-corrected chi connectivity index (χ0v) is 12.4. The van der Waals surface area contributed by atoms with E-state index >= 15 is 0 Å². The first-order valence-corrected chi connectivity index (χ1v) is 7.37. The second-order valence-corrected chi connectivity index (χ2v) is 5.58. The van der Waals surface area contributed by atoms with Gasteiger partial charge in [0.2, 0.25) is 0 Å². The second-order valence-electron chi connectivity index (χ2n) is 5.58. The van der Waals surface area contributed by atoms with Gasteiger partial charge in [0, 0.05) is 17.4 Å². The van der Waals surface area contributed by atoms with E-state index < -0.39 is 0 Å². The van der Waals surface area contributed by atoms with E-state index in [2.05, 4.69) is 5.32 Å². The van der Waals surface area contributed by atoms with Crippen LogP contribution in [0.3, 0.4) is 0 Å². The van der Waals surface area contributed by atoms with Gasteiger partial charge in [0.05, 0.1) is 12.7 Å². The van der Waals surface area contributed by atoms with Crippen molar-refractivity contribution in [1.82, 2.24) is 0 Å². The smallest absolute Gasteiger partial charge is 0.340 e. The first kappa shape index (κ1) is 14.7. The maximum absolute atomic E-state index is 11.8. The number of methoxy groups -OCH3 is 1. The van der Waals surface area contributed by atoms with E-state index in [1.54, 1.807) is 6.07 Å². The fourth-order valence-corrected chi connectivity index (χ4v) is 2.82. The van der Waals surface area contributed by atoms with Crippen LogP contribution >= 0.6 is 0 Å². The van der Waals surface area contributed by atoms with Crippen LogP contribution in [0.5, 0.6) is 0 Å². The maximum Gasteiger partial charge on any atom is 0.340 e. The molecule has 0 amide bonds. The molecule has 0 atom stereocenters. The number of nitrogens with one attached hydrogen (secondary N) is 1. The molecular formula is C16H24N2O2. The minimum atomic E-state index is -0.380. The highest BCUT2D eigenvalue weighted by Gasteiger charge is 2.16. The lowest BCUT2D eigenvalue weighted by Crippen LogP contribution is -2.19. The van der Waals surface area contributed by atoms with Gasteiger partial charge in [0.1, 0.15) is 0 Å². The number of aryl methyl sites for hydroxylation is 1. The lowest BCUT2D eigenvalue weighted by Gasteiger charge is -2.19. The molecule has 0 bridgehead atoms. The molecule has 1 saturated carbocycles. The molecular weight excluding hydrogens is 252 g/mol. The molecule has 1 aliphatic carbocycles. The predicted octanol–water partition coefficient (Wildman–Crippen LogP) is 3.50. The molecule has 1 fully saturated rings. The van der Waals surface area contributed by atoms with E-state index in [0.29, 0.717) is 17.3 Å². The quantitative estimate of drug-likeness (QED) is 0.504. The van der Waals surface area contributed by atoms with Crippen LogP contribution in [-0.2, 0) is 4.74 Å². The van der Waals surface area contributed by atoms with Gasteiger partial charge in [-0.3, -0.25) is 0 Å². The Hall–Kier alpha value is -1.71. The summed E-state index contributed by atoms with van der Waals surface area (Å²) in [5.74, 6) is -0.380. The fraction of sp³-hybridized carbons (Fsp3) is 0.562. The van der Waals surface area contributed by atoms with Gasteiger partial charge in [-0.15, -0.1) is 0 Å². The van der Waals surface area contributed by atoms with Crippen molar-refractivity contribution in [2.75, 3.05) is 18.2 Å². The van der Waals surface area contributed by atoms with Crippen LogP contribution in [0, 0.1) is 6.92 Å². The van der Waals surface area contributed by atoms with Gasteiger partial charge >= 0.3 is 5.97 Å². The molecule has 0 aromatic heterocycles. The number of nitrogen functional groups attached to an aromatic ring is 1. The van der Waals surface area contributed by atoms with E-state index in [1.165, 1.54) is 45.6 Å². The lowest BCUT2D eigenvalue weighted by molar-refractivity contribution is 0.0602. The molecule has 0 unspecified atom stereocenters. The molecule has 4 heteroatoms. The predicted molar refractivity (Wildman–Crippen MR) is 82.0 cm³/mol. The molecule has 1 aliphatic rings. The average Bonchev–Trinajstić information content (AvgIpc) is 2.70. The minimum absolute atomic E-state index is 0.380. The SMILES string of the molecule is COC(=O)c1cc(NC2CCCCCC2)cc(C)c1N. The summed E-state index contributed by atoms with van der Waals surface area (Å²) in [6.07, 6.45) is 7.58. The Morgan fingerprint density at radius 2 is 1.90 bits per heavy atom. The van der Waals surface area contributed by atoms with Crippen molar-refractivity contribution >= 4 is 17.3 Å². The third-order valence-electron chi connectivity index (χ3n) is 4.02. The molecule has 3 N–H and O–H groups in total. The van der Waals surface area contributed by atoms with Crippen LogP contribution in [0.4, 0.5) is 11.4 Å². The number of hydrogen-bond donors (Lipinski definition) is 2. The Balaban J connectivity index is 2.19. The monoisotopic (exact) mass is 276 g/mol. The van der Waals surface area contributed by atoms with Crippen molar-refractivity contribution in [3.8, 4) is 0 Å². The Morgan fingerprint density at radius 3 is 2.50 bits per heavy atom. The number of carbonyl (C=O) groups is 1. The molecule has 1 aromatic rings. The number of benzene rings is 1. The molecule has 0 aliphatic heterocycles. The van der Waals surface area contributed by atoms with Gasteiger partial charge in [-0.2, -0.15) is 0 Å². The normalized spacial score (nSPS) is 16.5. The lowest BCUT2D eigenvalue weighted by atomic mass is 10.0. The second kappa shape index (κ2) is 6.64. The van der Waals surface area contributed by atoms with Crippen molar-refractivity contribution < 1.29 is 9.53 Å². The van der Waals surface area contributed by atoms with Crippen LogP contribution in [0.25, 0.3) is 0 Å². The van der Waals surface area contributed by atoms with Gasteiger partial charge in [0.15, 0.2) is 0 Å². The standard InChI is InChI=1S/C16H24N2O2/c1-11-9-13(10-14(15(11)17)16(19)20-2)18-12-7-5-3-4-6-8-12/h9-10,12,18H,3-8,17H2,1-2H3. The first-order chi connectivity index (χ1) is 9.61. The summed E-state index contributed by atoms with van der Waals surface area (Å²) in [4.78, 5) is 11.8. The van der Waals surface area contributed by atoms with Crippen LogP contribution in [-0.4, -0.2) is 19.1 Å². The first-order valence-electron chi connectivity index (χ1n) is 7.37. The van der Waals surface area contributed by atoms with Crippen molar-refractivity contribution in [1.29, 1.82) is 0 Å². The summed E-state index contributed by atoms with van der Waals surface area (Å²) >= 11 is 0. The summed E-state index contributed by atoms with van der Waals surface area (Å²) in [5.41, 5.74) is 8.78. The van der Waals surface area contributed by atoms with Gasteiger partial charge in [-0.25, -0.2) is 4.79 Å². The highest BCUT2D eigenvalue weighted by atomic mass is 16.5. The van der Waals surface area contributed by atoms with E-state index in [0.717, 1.165) is 11.3 Å². The van der Waals surface area contributed by atoms with E-state index in [1.807, 2.05) is 13.0 Å². The number of nitrogens with two attached hydrogens (primary N) is 1. The van der Waals surface area contributed by atoms with Crippen molar-refractivity contribution in [3.63, 3.8) is 0 Å². The molecule has 0 heterocycles. The number of esters is 1. The summed E-state index contributed by atoms with van der Waals surface area (Å²) in [7, 11) is 1.38. The topological polar surface area (TPSA) is 64.3 Å².